The van der Waals surface area contributed by atoms with E-state index in [0.717, 1.165) is 21.8 Å². The number of ether oxygens (including phenoxy) is 1. The second-order valence-corrected chi connectivity index (χ2v) is 5.08. The first-order valence-electron chi connectivity index (χ1n) is 6.99. The number of hydrogen-bond acceptors (Lipinski definition) is 4. The van der Waals surface area contributed by atoms with Gasteiger partial charge in [-0.25, -0.2) is 0 Å². The molecule has 0 atom stereocenters. The Morgan fingerprint density at radius 1 is 1.04 bits per heavy atom. The number of H-pyrrole nitrogens is 1. The average molecular weight is 305 g/mol. The first kappa shape index (κ1) is 13.3. The van der Waals surface area contributed by atoms with Crippen molar-refractivity contribution in [2.45, 2.75) is 0 Å². The molecule has 4 rings (SSSR count). The van der Waals surface area contributed by atoms with Crippen LogP contribution in [0, 0.1) is 10.1 Å². The van der Waals surface area contributed by atoms with Gasteiger partial charge in [-0.15, -0.1) is 0 Å². The maximum Gasteiger partial charge on any atom is 0.329 e. The van der Waals surface area contributed by atoms with Crippen LogP contribution >= 0.6 is 0 Å². The summed E-state index contributed by atoms with van der Waals surface area (Å²) < 4.78 is 5.67. The normalized spacial score (nSPS) is 11.0. The molecule has 4 aromatic rings. The molecule has 1 N–H and O–H groups in total. The molecule has 0 unspecified atom stereocenters. The molecule has 0 aliphatic carbocycles. The largest absolute Gasteiger partial charge is 0.450 e. The van der Waals surface area contributed by atoms with E-state index in [0.29, 0.717) is 5.75 Å². The second-order valence-electron chi connectivity index (χ2n) is 5.08. The number of benzene rings is 2. The van der Waals surface area contributed by atoms with Gasteiger partial charge in [-0.05, 0) is 18.2 Å². The van der Waals surface area contributed by atoms with E-state index >= 15 is 0 Å². The van der Waals surface area contributed by atoms with Crippen molar-refractivity contribution in [3.05, 3.63) is 71.0 Å². The van der Waals surface area contributed by atoms with Crippen LogP contribution in [0.15, 0.2) is 60.9 Å². The number of nitro groups is 1. The van der Waals surface area contributed by atoms with E-state index in [1.165, 1.54) is 18.5 Å². The van der Waals surface area contributed by atoms with Crippen LogP contribution in [0.1, 0.15) is 0 Å². The second kappa shape index (κ2) is 5.10. The predicted molar refractivity (Wildman–Crippen MR) is 86.8 cm³/mol. The summed E-state index contributed by atoms with van der Waals surface area (Å²) in [6, 6.07) is 15.1. The van der Waals surface area contributed by atoms with E-state index in [9.17, 15) is 10.1 Å². The molecule has 6 nitrogen and oxygen atoms in total. The molecule has 0 aliphatic heterocycles. The predicted octanol–water partition coefficient (Wildman–Crippen LogP) is 4.42. The molecule has 0 saturated carbocycles. The Hall–Kier alpha value is -3.41. The summed E-state index contributed by atoms with van der Waals surface area (Å²) in [5, 5.41) is 13.2. The minimum Gasteiger partial charge on any atom is -0.450 e. The Morgan fingerprint density at radius 2 is 1.87 bits per heavy atom. The molecule has 112 valence electrons. The minimum absolute atomic E-state index is 0.163. The van der Waals surface area contributed by atoms with Gasteiger partial charge in [0.15, 0.2) is 0 Å². The van der Waals surface area contributed by atoms with Gasteiger partial charge in [0.2, 0.25) is 5.75 Å². The highest BCUT2D eigenvalue weighted by Gasteiger charge is 2.15. The van der Waals surface area contributed by atoms with Crippen molar-refractivity contribution < 1.29 is 9.66 Å². The third-order valence-corrected chi connectivity index (χ3v) is 3.66. The maximum atomic E-state index is 11.0. The number of nitrogens with zero attached hydrogens (tertiary/aromatic N) is 2. The molecule has 0 spiro atoms. The van der Waals surface area contributed by atoms with E-state index in [-0.39, 0.29) is 11.4 Å². The Morgan fingerprint density at radius 3 is 2.74 bits per heavy atom. The molecule has 23 heavy (non-hydrogen) atoms. The zero-order valence-electron chi connectivity index (χ0n) is 11.9. The SMILES string of the molecule is O=[N+]([O-])c1cnccc1Oc1ccc2c(c1)[nH]c1ccccc12. The fourth-order valence-electron chi connectivity index (χ4n) is 2.62. The van der Waals surface area contributed by atoms with Gasteiger partial charge in [-0.3, -0.25) is 15.1 Å². The highest BCUT2D eigenvalue weighted by atomic mass is 16.6. The molecule has 2 heterocycles. The number of fused-ring (bicyclic) bond motifs is 3. The molecule has 0 saturated heterocycles. The Balaban J connectivity index is 1.78. The lowest BCUT2D eigenvalue weighted by Crippen LogP contribution is -1.94. The van der Waals surface area contributed by atoms with Gasteiger partial charge >= 0.3 is 5.69 Å². The summed E-state index contributed by atoms with van der Waals surface area (Å²) in [4.78, 5) is 17.6. The number of pyridine rings is 1. The van der Waals surface area contributed by atoms with E-state index in [4.69, 9.17) is 4.74 Å². The van der Waals surface area contributed by atoms with Gasteiger partial charge in [-0.2, -0.15) is 0 Å². The Bertz CT molecular complexity index is 1040. The van der Waals surface area contributed by atoms with Gasteiger partial charge in [0, 0.05) is 34.6 Å². The molecule has 6 heteroatoms. The van der Waals surface area contributed by atoms with E-state index < -0.39 is 4.92 Å². The van der Waals surface area contributed by atoms with E-state index in [1.54, 1.807) is 6.07 Å². The Kier molecular flexibility index (Phi) is 2.94. The molecule has 2 aromatic carbocycles. The van der Waals surface area contributed by atoms with Crippen molar-refractivity contribution in [3.63, 3.8) is 0 Å². The molecular formula is C17H11N3O3. The summed E-state index contributed by atoms with van der Waals surface area (Å²) in [7, 11) is 0. The standard InChI is InChI=1S/C17H11N3O3/c21-20(22)16-10-18-8-7-17(16)23-11-5-6-13-12-3-1-2-4-14(12)19-15(13)9-11/h1-10,19H. The lowest BCUT2D eigenvalue weighted by atomic mass is 10.1. The molecule has 0 bridgehead atoms. The van der Waals surface area contributed by atoms with Crippen molar-refractivity contribution >= 4 is 27.5 Å². The number of hydrogen-bond donors (Lipinski definition) is 1. The zero-order valence-corrected chi connectivity index (χ0v) is 11.9. The molecular weight excluding hydrogens is 294 g/mol. The van der Waals surface area contributed by atoms with Gasteiger partial charge in [0.05, 0.1) is 10.4 Å². The number of para-hydroxylation sites is 1. The van der Waals surface area contributed by atoms with Crippen LogP contribution in [0.25, 0.3) is 21.8 Å². The zero-order chi connectivity index (χ0) is 15.8. The number of rotatable bonds is 3. The molecule has 0 radical (unpaired) electrons. The topological polar surface area (TPSA) is 81.1 Å². The molecule has 0 aliphatic rings. The van der Waals surface area contributed by atoms with Gasteiger partial charge in [0.1, 0.15) is 11.9 Å². The lowest BCUT2D eigenvalue weighted by molar-refractivity contribution is -0.386. The Labute approximate surface area is 130 Å². The van der Waals surface area contributed by atoms with Gasteiger partial charge in [0.25, 0.3) is 0 Å². The molecule has 0 amide bonds. The summed E-state index contributed by atoms with van der Waals surface area (Å²) in [6.07, 6.45) is 2.64. The van der Waals surface area contributed by atoms with Crippen LogP contribution in [0.2, 0.25) is 0 Å². The highest BCUT2D eigenvalue weighted by Crippen LogP contribution is 2.33. The van der Waals surface area contributed by atoms with E-state index in [2.05, 4.69) is 9.97 Å². The first-order valence-corrected chi connectivity index (χ1v) is 6.99. The first-order chi connectivity index (χ1) is 11.2. The fourth-order valence-corrected chi connectivity index (χ4v) is 2.62. The number of aromatic amines is 1. The van der Waals surface area contributed by atoms with Gasteiger partial charge in [-0.1, -0.05) is 18.2 Å². The van der Waals surface area contributed by atoms with Crippen LogP contribution in [0.3, 0.4) is 0 Å². The van der Waals surface area contributed by atoms with Crippen LogP contribution in [-0.4, -0.2) is 14.9 Å². The summed E-state index contributed by atoms with van der Waals surface area (Å²) >= 11 is 0. The number of aromatic nitrogens is 2. The summed E-state index contributed by atoms with van der Waals surface area (Å²) in [6.45, 7) is 0. The summed E-state index contributed by atoms with van der Waals surface area (Å²) in [5.41, 5.74) is 1.79. The van der Waals surface area contributed by atoms with Gasteiger partial charge < -0.3 is 9.72 Å². The highest BCUT2D eigenvalue weighted by molar-refractivity contribution is 6.07. The van der Waals surface area contributed by atoms with Crippen LogP contribution in [0.5, 0.6) is 11.5 Å². The van der Waals surface area contributed by atoms with Crippen molar-refractivity contribution in [3.8, 4) is 11.5 Å². The quantitative estimate of drug-likeness (QED) is 0.449. The van der Waals surface area contributed by atoms with Crippen LogP contribution in [-0.2, 0) is 0 Å². The monoisotopic (exact) mass is 305 g/mol. The molecule has 2 aromatic heterocycles. The third kappa shape index (κ3) is 2.26. The lowest BCUT2D eigenvalue weighted by Gasteiger charge is -2.05. The van der Waals surface area contributed by atoms with Crippen molar-refractivity contribution in [2.24, 2.45) is 0 Å². The fraction of sp³-hybridized carbons (Fsp3) is 0. The average Bonchev–Trinajstić information content (AvgIpc) is 2.93. The van der Waals surface area contributed by atoms with Crippen molar-refractivity contribution in [1.82, 2.24) is 9.97 Å². The van der Waals surface area contributed by atoms with Crippen LogP contribution < -0.4 is 4.74 Å². The third-order valence-electron chi connectivity index (χ3n) is 3.66. The minimum atomic E-state index is -0.510. The number of nitrogens with one attached hydrogen (secondary N) is 1. The summed E-state index contributed by atoms with van der Waals surface area (Å²) in [5.74, 6) is 0.693. The van der Waals surface area contributed by atoms with Crippen molar-refractivity contribution in [1.29, 1.82) is 0 Å². The molecule has 0 fully saturated rings. The maximum absolute atomic E-state index is 11.0. The smallest absolute Gasteiger partial charge is 0.329 e. The van der Waals surface area contributed by atoms with Crippen LogP contribution in [0.4, 0.5) is 5.69 Å². The van der Waals surface area contributed by atoms with E-state index in [1.807, 2.05) is 36.4 Å². The van der Waals surface area contributed by atoms with Crippen molar-refractivity contribution in [2.75, 3.05) is 0 Å².